The molecule has 0 saturated carbocycles. The second-order valence-electron chi connectivity index (χ2n) is 2.81. The van der Waals surface area contributed by atoms with Crippen LogP contribution < -0.4 is 4.74 Å². The number of phenolic OH excluding ortho intramolecular Hbond substituents is 1. The minimum Gasteiger partial charge on any atom is -0.508 e. The Hall–Kier alpha value is -1.15. The Bertz CT molecular complexity index is 321. The first-order chi connectivity index (χ1) is 6.77. The summed E-state index contributed by atoms with van der Waals surface area (Å²) in [5.41, 5.74) is 0.940. The van der Waals surface area contributed by atoms with E-state index in [1.165, 1.54) is 0 Å². The molecule has 3 heteroatoms. The van der Waals surface area contributed by atoms with Gasteiger partial charge in [-0.3, -0.25) is 0 Å². The number of rotatable bonds is 4. The molecule has 0 aliphatic heterocycles. The van der Waals surface area contributed by atoms with Gasteiger partial charge in [0.1, 0.15) is 11.5 Å². The Morgan fingerprint density at radius 3 is 2.93 bits per heavy atom. The maximum atomic E-state index is 9.22. The molecule has 0 aliphatic carbocycles. The molecule has 0 radical (unpaired) electrons. The summed E-state index contributed by atoms with van der Waals surface area (Å²) in [4.78, 5) is 0. The van der Waals surface area contributed by atoms with Crippen molar-refractivity contribution in [1.82, 2.24) is 0 Å². The highest BCUT2D eigenvalue weighted by Crippen LogP contribution is 2.24. The molecular weight excluding hydrogens is 200 g/mol. The van der Waals surface area contributed by atoms with Crippen LogP contribution in [0.5, 0.6) is 11.5 Å². The number of aromatic hydroxyl groups is 1. The summed E-state index contributed by atoms with van der Waals surface area (Å²) < 4.78 is 5.11. The molecule has 14 heavy (non-hydrogen) atoms. The van der Waals surface area contributed by atoms with Gasteiger partial charge in [0.25, 0.3) is 0 Å². The number of methoxy groups -OCH3 is 1. The molecule has 1 aromatic rings. The van der Waals surface area contributed by atoms with Crippen molar-refractivity contribution in [2.24, 2.45) is 0 Å². The quantitative estimate of drug-likeness (QED) is 0.778. The van der Waals surface area contributed by atoms with Crippen LogP contribution in [-0.4, -0.2) is 18.1 Å². The number of hydrogen-bond donors (Lipinski definition) is 1. The predicted octanol–water partition coefficient (Wildman–Crippen LogP) is 3.04. The van der Waals surface area contributed by atoms with Crippen LogP contribution in [-0.2, 0) is 0 Å². The number of alkyl halides is 1. The van der Waals surface area contributed by atoms with E-state index in [0.29, 0.717) is 11.6 Å². The Morgan fingerprint density at radius 1 is 1.50 bits per heavy atom. The molecule has 1 rings (SSSR count). The molecule has 0 saturated heterocycles. The number of allylic oxidation sites excluding steroid dienone is 1. The van der Waals surface area contributed by atoms with Gasteiger partial charge in [-0.05, 0) is 18.6 Å². The van der Waals surface area contributed by atoms with Crippen molar-refractivity contribution in [1.29, 1.82) is 0 Å². The van der Waals surface area contributed by atoms with Gasteiger partial charge in [0.2, 0.25) is 0 Å². The van der Waals surface area contributed by atoms with Crippen LogP contribution in [0, 0.1) is 0 Å². The average molecular weight is 213 g/mol. The maximum absolute atomic E-state index is 9.22. The minimum absolute atomic E-state index is 0.205. The second kappa shape index (κ2) is 5.55. The lowest BCUT2D eigenvalue weighted by atomic mass is 10.1. The summed E-state index contributed by atoms with van der Waals surface area (Å²) in [7, 11) is 1.58. The first kappa shape index (κ1) is 10.9. The largest absolute Gasteiger partial charge is 0.508 e. The molecule has 0 aliphatic rings. The molecule has 0 fully saturated rings. The topological polar surface area (TPSA) is 29.5 Å². The number of phenols is 1. The van der Waals surface area contributed by atoms with Crippen LogP contribution in [0.25, 0.3) is 6.08 Å². The SMILES string of the molecule is COc1cc(O)ccc1C=CCCCl. The van der Waals surface area contributed by atoms with E-state index in [-0.39, 0.29) is 5.75 Å². The zero-order chi connectivity index (χ0) is 10.4. The molecule has 0 heterocycles. The molecular formula is C11H13ClO2. The number of ether oxygens (including phenoxy) is 1. The summed E-state index contributed by atoms with van der Waals surface area (Å²) in [6.07, 6.45) is 4.73. The Morgan fingerprint density at radius 2 is 2.29 bits per heavy atom. The highest BCUT2D eigenvalue weighted by Gasteiger charge is 1.99. The first-order valence-electron chi connectivity index (χ1n) is 4.37. The van der Waals surface area contributed by atoms with E-state index in [9.17, 15) is 5.11 Å². The van der Waals surface area contributed by atoms with Gasteiger partial charge < -0.3 is 9.84 Å². The van der Waals surface area contributed by atoms with E-state index in [1.807, 2.05) is 12.2 Å². The van der Waals surface area contributed by atoms with Gasteiger partial charge in [-0.15, -0.1) is 11.6 Å². The highest BCUT2D eigenvalue weighted by atomic mass is 35.5. The predicted molar refractivity (Wildman–Crippen MR) is 59.0 cm³/mol. The first-order valence-corrected chi connectivity index (χ1v) is 4.91. The van der Waals surface area contributed by atoms with Gasteiger partial charge in [-0.25, -0.2) is 0 Å². The molecule has 1 N–H and O–H groups in total. The van der Waals surface area contributed by atoms with Crippen LogP contribution >= 0.6 is 11.6 Å². The van der Waals surface area contributed by atoms with Crippen LogP contribution in [0.15, 0.2) is 24.3 Å². The standard InChI is InChI=1S/C11H13ClO2/c1-14-11-8-10(13)6-5-9(11)4-2-3-7-12/h2,4-6,8,13H,3,7H2,1H3. The summed E-state index contributed by atoms with van der Waals surface area (Å²) in [6.45, 7) is 0. The van der Waals surface area contributed by atoms with E-state index in [2.05, 4.69) is 0 Å². The second-order valence-corrected chi connectivity index (χ2v) is 3.18. The molecule has 0 amide bonds. The fraction of sp³-hybridized carbons (Fsp3) is 0.273. The molecule has 0 bridgehead atoms. The molecule has 76 valence electrons. The van der Waals surface area contributed by atoms with Crippen molar-refractivity contribution in [3.05, 3.63) is 29.8 Å². The lowest BCUT2D eigenvalue weighted by Crippen LogP contribution is -1.86. The van der Waals surface area contributed by atoms with Crippen LogP contribution in [0.4, 0.5) is 0 Å². The monoisotopic (exact) mass is 212 g/mol. The van der Waals surface area contributed by atoms with Crippen LogP contribution in [0.2, 0.25) is 0 Å². The highest BCUT2D eigenvalue weighted by molar-refractivity contribution is 6.17. The zero-order valence-corrected chi connectivity index (χ0v) is 8.79. The summed E-state index contributed by atoms with van der Waals surface area (Å²) >= 11 is 5.54. The fourth-order valence-corrected chi connectivity index (χ4v) is 1.24. The third kappa shape index (κ3) is 2.96. The van der Waals surface area contributed by atoms with Crippen molar-refractivity contribution in [3.8, 4) is 11.5 Å². The van der Waals surface area contributed by atoms with E-state index >= 15 is 0 Å². The molecule has 1 aromatic carbocycles. The fourth-order valence-electron chi connectivity index (χ4n) is 1.11. The number of hydrogen-bond acceptors (Lipinski definition) is 2. The molecule has 0 atom stereocenters. The zero-order valence-electron chi connectivity index (χ0n) is 8.03. The molecule has 2 nitrogen and oxygen atoms in total. The van der Waals surface area contributed by atoms with Gasteiger partial charge >= 0.3 is 0 Å². The Labute approximate surface area is 88.8 Å². The number of benzene rings is 1. The summed E-state index contributed by atoms with van der Waals surface area (Å²) in [5, 5.41) is 9.22. The van der Waals surface area contributed by atoms with Gasteiger partial charge in [-0.1, -0.05) is 12.2 Å². The normalized spacial score (nSPS) is 10.7. The lowest BCUT2D eigenvalue weighted by molar-refractivity contribution is 0.407. The number of halogens is 1. The van der Waals surface area contributed by atoms with E-state index in [4.69, 9.17) is 16.3 Å². The van der Waals surface area contributed by atoms with Crippen molar-refractivity contribution in [3.63, 3.8) is 0 Å². The van der Waals surface area contributed by atoms with Crippen LogP contribution in [0.3, 0.4) is 0 Å². The van der Waals surface area contributed by atoms with E-state index in [0.717, 1.165) is 12.0 Å². The molecule has 0 spiro atoms. The summed E-state index contributed by atoms with van der Waals surface area (Å²) in [5.74, 6) is 1.48. The lowest BCUT2D eigenvalue weighted by Gasteiger charge is -2.04. The van der Waals surface area contributed by atoms with Gasteiger partial charge in [0.05, 0.1) is 7.11 Å². The Kier molecular flexibility index (Phi) is 4.33. The minimum atomic E-state index is 0.205. The third-order valence-electron chi connectivity index (χ3n) is 1.79. The van der Waals surface area contributed by atoms with Gasteiger partial charge in [0, 0.05) is 17.5 Å². The maximum Gasteiger partial charge on any atom is 0.129 e. The van der Waals surface area contributed by atoms with Crippen molar-refractivity contribution in [2.75, 3.05) is 13.0 Å². The van der Waals surface area contributed by atoms with Gasteiger partial charge in [-0.2, -0.15) is 0 Å². The summed E-state index contributed by atoms with van der Waals surface area (Å²) in [6, 6.07) is 5.02. The van der Waals surface area contributed by atoms with Crippen molar-refractivity contribution in [2.45, 2.75) is 6.42 Å². The average Bonchev–Trinajstić information content (AvgIpc) is 2.20. The molecule has 0 unspecified atom stereocenters. The van der Waals surface area contributed by atoms with E-state index in [1.54, 1.807) is 25.3 Å². The smallest absolute Gasteiger partial charge is 0.129 e. The molecule has 0 aromatic heterocycles. The van der Waals surface area contributed by atoms with E-state index < -0.39 is 0 Å². The van der Waals surface area contributed by atoms with Crippen molar-refractivity contribution >= 4 is 17.7 Å². The van der Waals surface area contributed by atoms with Gasteiger partial charge in [0.15, 0.2) is 0 Å². The third-order valence-corrected chi connectivity index (χ3v) is 2.01. The van der Waals surface area contributed by atoms with Crippen molar-refractivity contribution < 1.29 is 9.84 Å². The Balaban J connectivity index is 2.85. The van der Waals surface area contributed by atoms with Crippen LogP contribution in [0.1, 0.15) is 12.0 Å².